The van der Waals surface area contributed by atoms with Crippen molar-refractivity contribution >= 4 is 52.4 Å². The quantitative estimate of drug-likeness (QED) is 0.152. The maximum atomic E-state index is 12.8. The normalized spacial score (nSPS) is 10.7. The van der Waals surface area contributed by atoms with Crippen LogP contribution in [0.25, 0.3) is 11.1 Å². The zero-order valence-electron chi connectivity index (χ0n) is 21.4. The number of hydrogen-bond acceptors (Lipinski definition) is 5. The first-order valence-electron chi connectivity index (χ1n) is 12.0. The van der Waals surface area contributed by atoms with E-state index in [9.17, 15) is 24.6 Å². The number of nitrogens with one attached hydrogen (secondary N) is 2. The summed E-state index contributed by atoms with van der Waals surface area (Å²) in [5.74, 6) is -2.83. The van der Waals surface area contributed by atoms with Crippen LogP contribution in [-0.2, 0) is 11.4 Å². The number of anilines is 2. The van der Waals surface area contributed by atoms with E-state index in [-0.39, 0.29) is 28.3 Å². The smallest absolute Gasteiger partial charge is 0.336 e. The Hall–Kier alpha value is -4.37. The number of amides is 1. The molecule has 0 aliphatic heterocycles. The van der Waals surface area contributed by atoms with Crippen molar-refractivity contribution in [3.05, 3.63) is 116 Å². The number of hydrogen-bond donors (Lipinski definition) is 4. The lowest BCUT2D eigenvalue weighted by Gasteiger charge is -2.13. The Morgan fingerprint density at radius 2 is 1.25 bits per heavy atom. The molecule has 0 fully saturated rings. The lowest BCUT2D eigenvalue weighted by molar-refractivity contribution is 0.0682. The highest BCUT2D eigenvalue weighted by molar-refractivity contribution is 6.34. The van der Waals surface area contributed by atoms with Gasteiger partial charge in [-0.3, -0.25) is 15.1 Å². The van der Waals surface area contributed by atoms with Crippen LogP contribution < -0.4 is 10.8 Å². The highest BCUT2D eigenvalue weighted by Gasteiger charge is 2.18. The molecule has 4 aromatic carbocycles. The molecule has 0 saturated heterocycles. The monoisotopic (exact) mass is 578 g/mol. The van der Waals surface area contributed by atoms with Crippen LogP contribution in [0, 0.1) is 13.8 Å². The molecule has 204 valence electrons. The molecule has 0 atom stereocenters. The van der Waals surface area contributed by atoms with Gasteiger partial charge in [0.1, 0.15) is 6.61 Å². The molecule has 1 amide bonds. The first-order chi connectivity index (χ1) is 19.0. The molecule has 0 spiro atoms. The minimum absolute atomic E-state index is 0.0146. The Morgan fingerprint density at radius 1 is 0.700 bits per heavy atom. The summed E-state index contributed by atoms with van der Waals surface area (Å²) in [5, 5.41) is 22.1. The molecule has 0 aromatic heterocycles. The summed E-state index contributed by atoms with van der Waals surface area (Å²) in [4.78, 5) is 41.3. The van der Waals surface area contributed by atoms with E-state index >= 15 is 0 Å². The Bertz CT molecular complexity index is 1640. The summed E-state index contributed by atoms with van der Waals surface area (Å²) in [5.41, 5.74) is 7.31. The summed E-state index contributed by atoms with van der Waals surface area (Å²) in [6.45, 7) is 3.65. The number of carboxylic acid groups (broad SMARTS) is 2. The molecular weight excluding hydrogens is 555 g/mol. The number of aryl methyl sites for hydroxylation is 2. The van der Waals surface area contributed by atoms with Gasteiger partial charge in [-0.15, -0.1) is 0 Å². The van der Waals surface area contributed by atoms with Crippen LogP contribution in [0.15, 0.2) is 72.8 Å². The molecule has 0 aliphatic carbocycles. The van der Waals surface area contributed by atoms with E-state index in [2.05, 4.69) is 10.8 Å². The largest absolute Gasteiger partial charge is 0.478 e. The SMILES string of the molecule is Cc1ccc(C(=O)O)c(CONc2ccc(-c3ccc(NC(=O)c4cc(C)ccc4C(=O)O)c(Cl)c3)cc2Cl)c1. The lowest BCUT2D eigenvalue weighted by atomic mass is 10.0. The van der Waals surface area contributed by atoms with Crippen molar-refractivity contribution in [3.8, 4) is 11.1 Å². The highest BCUT2D eigenvalue weighted by Crippen LogP contribution is 2.33. The number of aromatic carboxylic acids is 2. The molecule has 0 aliphatic rings. The number of carboxylic acids is 2. The Morgan fingerprint density at radius 3 is 1.82 bits per heavy atom. The van der Waals surface area contributed by atoms with Crippen molar-refractivity contribution in [2.45, 2.75) is 20.5 Å². The van der Waals surface area contributed by atoms with Crippen LogP contribution in [-0.4, -0.2) is 28.1 Å². The van der Waals surface area contributed by atoms with Crippen molar-refractivity contribution in [3.63, 3.8) is 0 Å². The Labute approximate surface area is 240 Å². The number of carbonyl (C=O) groups is 3. The molecular formula is C30H24Cl2N2O6. The Kier molecular flexibility index (Phi) is 8.74. The summed E-state index contributed by atoms with van der Waals surface area (Å²) in [6, 6.07) is 19.8. The van der Waals surface area contributed by atoms with E-state index in [4.69, 9.17) is 28.0 Å². The summed E-state index contributed by atoms with van der Waals surface area (Å²) in [6.07, 6.45) is 0. The van der Waals surface area contributed by atoms with Gasteiger partial charge in [0.25, 0.3) is 5.91 Å². The van der Waals surface area contributed by atoms with Crippen LogP contribution >= 0.6 is 23.2 Å². The average Bonchev–Trinajstić information content (AvgIpc) is 2.90. The van der Waals surface area contributed by atoms with Crippen LogP contribution in [0.5, 0.6) is 0 Å². The molecule has 0 unspecified atom stereocenters. The third-order valence-corrected chi connectivity index (χ3v) is 6.70. The first-order valence-corrected chi connectivity index (χ1v) is 12.7. The van der Waals surface area contributed by atoms with E-state index in [1.165, 1.54) is 18.2 Å². The predicted molar refractivity (Wildman–Crippen MR) is 155 cm³/mol. The maximum absolute atomic E-state index is 12.8. The summed E-state index contributed by atoms with van der Waals surface area (Å²) in [7, 11) is 0. The zero-order valence-corrected chi connectivity index (χ0v) is 22.9. The van der Waals surface area contributed by atoms with Gasteiger partial charge in [-0.1, -0.05) is 64.7 Å². The van der Waals surface area contributed by atoms with Gasteiger partial charge in [0.15, 0.2) is 0 Å². The molecule has 0 radical (unpaired) electrons. The number of benzene rings is 4. The number of halogens is 2. The van der Waals surface area contributed by atoms with Gasteiger partial charge < -0.3 is 15.5 Å². The second-order valence-electron chi connectivity index (χ2n) is 9.05. The fourth-order valence-electron chi connectivity index (χ4n) is 4.04. The molecule has 0 heterocycles. The second kappa shape index (κ2) is 12.2. The van der Waals surface area contributed by atoms with Crippen LogP contribution in [0.4, 0.5) is 11.4 Å². The molecule has 10 heteroatoms. The van der Waals surface area contributed by atoms with E-state index in [1.54, 1.807) is 61.5 Å². The van der Waals surface area contributed by atoms with Gasteiger partial charge in [0, 0.05) is 0 Å². The molecule has 4 rings (SSSR count). The maximum Gasteiger partial charge on any atom is 0.336 e. The molecule has 4 N–H and O–H groups in total. The minimum Gasteiger partial charge on any atom is -0.478 e. The van der Waals surface area contributed by atoms with Gasteiger partial charge >= 0.3 is 11.9 Å². The van der Waals surface area contributed by atoms with Gasteiger partial charge in [-0.05, 0) is 73.0 Å². The van der Waals surface area contributed by atoms with E-state index < -0.39 is 17.8 Å². The van der Waals surface area contributed by atoms with Crippen LogP contribution in [0.3, 0.4) is 0 Å². The number of carbonyl (C=O) groups excluding carboxylic acids is 1. The number of rotatable bonds is 9. The molecule has 0 bridgehead atoms. The van der Waals surface area contributed by atoms with Crippen LogP contribution in [0.2, 0.25) is 10.0 Å². The van der Waals surface area contributed by atoms with Crippen molar-refractivity contribution in [2.75, 3.05) is 10.8 Å². The van der Waals surface area contributed by atoms with Gasteiger partial charge in [0.2, 0.25) is 0 Å². The van der Waals surface area contributed by atoms with Crippen LogP contribution in [0.1, 0.15) is 47.8 Å². The average molecular weight is 579 g/mol. The van der Waals surface area contributed by atoms with Crippen molar-refractivity contribution < 1.29 is 29.4 Å². The van der Waals surface area contributed by atoms with Crippen molar-refractivity contribution in [2.24, 2.45) is 0 Å². The molecule has 4 aromatic rings. The molecule has 8 nitrogen and oxygen atoms in total. The minimum atomic E-state index is -1.20. The fraction of sp³-hybridized carbons (Fsp3) is 0.100. The summed E-state index contributed by atoms with van der Waals surface area (Å²) >= 11 is 12.9. The van der Waals surface area contributed by atoms with Crippen molar-refractivity contribution in [1.29, 1.82) is 0 Å². The van der Waals surface area contributed by atoms with Gasteiger partial charge in [-0.25, -0.2) is 9.59 Å². The Balaban J connectivity index is 1.46. The standard InChI is InChI=1S/C30H24Cl2N2O6/c1-16-3-7-21(29(36)37)20(11-16)15-40-34-27-10-6-19(14-25(27)32)18-5-9-26(24(31)13-18)33-28(35)23-12-17(2)4-8-22(23)30(38)39/h3-14,34H,15H2,1-2H3,(H,33,35)(H,36,37)(H,38,39). The third-order valence-electron chi connectivity index (χ3n) is 6.07. The molecule has 0 saturated carbocycles. The van der Waals surface area contributed by atoms with E-state index in [0.29, 0.717) is 22.0 Å². The fourth-order valence-corrected chi connectivity index (χ4v) is 4.48. The third kappa shape index (κ3) is 6.60. The second-order valence-corrected chi connectivity index (χ2v) is 9.87. The first kappa shape index (κ1) is 28.6. The zero-order chi connectivity index (χ0) is 29.0. The highest BCUT2D eigenvalue weighted by atomic mass is 35.5. The van der Waals surface area contributed by atoms with Gasteiger partial charge in [0.05, 0.1) is 38.1 Å². The lowest BCUT2D eigenvalue weighted by Crippen LogP contribution is -2.17. The van der Waals surface area contributed by atoms with E-state index in [0.717, 1.165) is 22.3 Å². The summed E-state index contributed by atoms with van der Waals surface area (Å²) < 4.78 is 0. The predicted octanol–water partition coefficient (Wildman–Crippen LogP) is 7.47. The van der Waals surface area contributed by atoms with E-state index in [1.807, 2.05) is 6.92 Å². The van der Waals surface area contributed by atoms with Crippen molar-refractivity contribution in [1.82, 2.24) is 0 Å². The van der Waals surface area contributed by atoms with Gasteiger partial charge in [-0.2, -0.15) is 0 Å². The molecule has 40 heavy (non-hydrogen) atoms. The topological polar surface area (TPSA) is 125 Å².